The van der Waals surface area contributed by atoms with Crippen LogP contribution < -0.4 is 0 Å². The average Bonchev–Trinajstić information content (AvgIpc) is 2.67. The van der Waals surface area contributed by atoms with E-state index in [-0.39, 0.29) is 33.9 Å². The molecule has 0 heterocycles. The Morgan fingerprint density at radius 2 is 1.34 bits per heavy atom. The van der Waals surface area contributed by atoms with E-state index in [1.54, 1.807) is 25.1 Å². The summed E-state index contributed by atoms with van der Waals surface area (Å²) in [6.45, 7) is 3.88. The molecule has 1 aromatic rings. The Morgan fingerprint density at radius 1 is 0.862 bits per heavy atom. The SMILES string of the molecule is CCCCCCCCCCCCCC(COC(=O)c1c(Cl)cccc1Cl)C(C)=O. The molecule has 3 nitrogen and oxygen atoms in total. The number of ketones is 1. The number of ether oxygens (including phenoxy) is 1. The van der Waals surface area contributed by atoms with Gasteiger partial charge in [0.05, 0.1) is 21.5 Å². The molecule has 0 spiro atoms. The van der Waals surface area contributed by atoms with E-state index >= 15 is 0 Å². The zero-order valence-electron chi connectivity index (χ0n) is 18.0. The monoisotopic (exact) mass is 442 g/mol. The van der Waals surface area contributed by atoms with Gasteiger partial charge in [0, 0.05) is 0 Å². The number of carbonyl (C=O) groups excluding carboxylic acids is 2. The Kier molecular flexibility index (Phi) is 14.1. The number of hydrogen-bond donors (Lipinski definition) is 0. The van der Waals surface area contributed by atoms with Crippen LogP contribution in [0.25, 0.3) is 0 Å². The van der Waals surface area contributed by atoms with Crippen molar-refractivity contribution in [3.63, 3.8) is 0 Å². The average molecular weight is 443 g/mol. The zero-order valence-corrected chi connectivity index (χ0v) is 19.5. The van der Waals surface area contributed by atoms with Crippen LogP contribution in [0.2, 0.25) is 10.0 Å². The first kappa shape index (κ1) is 26.0. The first-order chi connectivity index (χ1) is 14.0. The van der Waals surface area contributed by atoms with Crippen LogP contribution in [0.5, 0.6) is 0 Å². The molecule has 0 aliphatic carbocycles. The zero-order chi connectivity index (χ0) is 21.5. The van der Waals surface area contributed by atoms with Crippen LogP contribution in [0, 0.1) is 5.92 Å². The lowest BCUT2D eigenvalue weighted by Crippen LogP contribution is -2.20. The summed E-state index contributed by atoms with van der Waals surface area (Å²) < 4.78 is 5.33. The van der Waals surface area contributed by atoms with Crippen molar-refractivity contribution in [2.24, 2.45) is 5.92 Å². The largest absolute Gasteiger partial charge is 0.461 e. The number of rotatable bonds is 16. The summed E-state index contributed by atoms with van der Waals surface area (Å²) >= 11 is 12.1. The molecule has 0 aliphatic rings. The Balaban J connectivity index is 2.21. The minimum absolute atomic E-state index is 0.0511. The van der Waals surface area contributed by atoms with Crippen molar-refractivity contribution in [2.75, 3.05) is 6.61 Å². The van der Waals surface area contributed by atoms with Crippen LogP contribution in [0.3, 0.4) is 0 Å². The molecule has 1 atom stereocenters. The van der Waals surface area contributed by atoms with E-state index < -0.39 is 5.97 Å². The molecule has 1 unspecified atom stereocenters. The molecule has 0 fully saturated rings. The van der Waals surface area contributed by atoms with Gasteiger partial charge in [0.1, 0.15) is 12.4 Å². The lowest BCUT2D eigenvalue weighted by Gasteiger charge is -2.15. The van der Waals surface area contributed by atoms with Gasteiger partial charge in [-0.2, -0.15) is 0 Å². The van der Waals surface area contributed by atoms with Crippen LogP contribution in [0.4, 0.5) is 0 Å². The van der Waals surface area contributed by atoms with Crippen LogP contribution in [-0.4, -0.2) is 18.4 Å². The van der Waals surface area contributed by atoms with E-state index in [2.05, 4.69) is 6.92 Å². The number of unbranched alkanes of at least 4 members (excludes halogenated alkanes) is 10. The first-order valence-corrected chi connectivity index (χ1v) is 11.8. The van der Waals surface area contributed by atoms with Gasteiger partial charge in [0.25, 0.3) is 0 Å². The summed E-state index contributed by atoms with van der Waals surface area (Å²) in [6.07, 6.45) is 14.7. The number of hydrogen-bond acceptors (Lipinski definition) is 3. The summed E-state index contributed by atoms with van der Waals surface area (Å²) in [5.41, 5.74) is 0.160. The maximum Gasteiger partial charge on any atom is 0.341 e. The highest BCUT2D eigenvalue weighted by atomic mass is 35.5. The van der Waals surface area contributed by atoms with E-state index in [0.717, 1.165) is 19.3 Å². The van der Waals surface area contributed by atoms with Crippen molar-refractivity contribution < 1.29 is 14.3 Å². The highest BCUT2D eigenvalue weighted by molar-refractivity contribution is 6.39. The fraction of sp³-hybridized carbons (Fsp3) is 0.667. The standard InChI is InChI=1S/C24H36Cl2O3/c1-3-4-5-6-7-8-9-10-11-12-13-15-20(19(2)27)18-29-24(28)23-21(25)16-14-17-22(23)26/h14,16-17,20H,3-13,15,18H2,1-2H3. The number of Topliss-reactive ketones (excluding diaryl/α,β-unsaturated/α-hetero) is 1. The molecule has 1 rings (SSSR count). The predicted octanol–water partition coefficient (Wildman–Crippen LogP) is 8.06. The molecule has 0 saturated carbocycles. The summed E-state index contributed by atoms with van der Waals surface area (Å²) in [7, 11) is 0. The summed E-state index contributed by atoms with van der Waals surface area (Å²) in [5.74, 6) is -0.792. The fourth-order valence-corrected chi connectivity index (χ4v) is 3.95. The quantitative estimate of drug-likeness (QED) is 0.192. The van der Waals surface area contributed by atoms with Crippen LogP contribution >= 0.6 is 23.2 Å². The van der Waals surface area contributed by atoms with E-state index in [0.29, 0.717) is 0 Å². The van der Waals surface area contributed by atoms with Crippen molar-refractivity contribution >= 4 is 35.0 Å². The third-order valence-electron chi connectivity index (χ3n) is 5.31. The topological polar surface area (TPSA) is 43.4 Å². The Morgan fingerprint density at radius 3 is 1.83 bits per heavy atom. The molecular weight excluding hydrogens is 407 g/mol. The molecule has 0 saturated heterocycles. The smallest absolute Gasteiger partial charge is 0.341 e. The molecule has 0 bridgehead atoms. The normalized spacial score (nSPS) is 12.0. The van der Waals surface area contributed by atoms with Gasteiger partial charge in [-0.15, -0.1) is 0 Å². The second-order valence-corrected chi connectivity index (χ2v) is 8.64. The summed E-state index contributed by atoms with van der Waals surface area (Å²) in [6, 6.07) is 4.86. The highest BCUT2D eigenvalue weighted by Crippen LogP contribution is 2.25. The van der Waals surface area contributed by atoms with Gasteiger partial charge in [-0.25, -0.2) is 4.79 Å². The van der Waals surface area contributed by atoms with Crippen molar-refractivity contribution in [3.8, 4) is 0 Å². The predicted molar refractivity (Wildman–Crippen MR) is 122 cm³/mol. The first-order valence-electron chi connectivity index (χ1n) is 11.1. The van der Waals surface area contributed by atoms with Gasteiger partial charge in [-0.3, -0.25) is 4.79 Å². The second kappa shape index (κ2) is 15.7. The van der Waals surface area contributed by atoms with E-state index in [4.69, 9.17) is 27.9 Å². The Hall–Kier alpha value is -1.06. The maximum atomic E-state index is 12.3. The second-order valence-electron chi connectivity index (χ2n) is 7.83. The summed E-state index contributed by atoms with van der Waals surface area (Å²) in [4.78, 5) is 24.2. The fourth-order valence-electron chi connectivity index (χ4n) is 3.40. The molecule has 0 aliphatic heterocycles. The Labute approximate surface area is 186 Å². The van der Waals surface area contributed by atoms with Gasteiger partial charge in [-0.1, -0.05) is 107 Å². The van der Waals surface area contributed by atoms with Crippen molar-refractivity contribution in [2.45, 2.75) is 90.9 Å². The number of carbonyl (C=O) groups is 2. The van der Waals surface area contributed by atoms with Crippen molar-refractivity contribution in [1.82, 2.24) is 0 Å². The lowest BCUT2D eigenvalue weighted by atomic mass is 9.97. The van der Waals surface area contributed by atoms with Crippen LogP contribution in [0.15, 0.2) is 18.2 Å². The third kappa shape index (κ3) is 11.1. The Bertz CT molecular complexity index is 596. The van der Waals surface area contributed by atoms with E-state index in [1.807, 2.05) is 0 Å². The van der Waals surface area contributed by atoms with Gasteiger partial charge in [0.15, 0.2) is 0 Å². The number of benzene rings is 1. The highest BCUT2D eigenvalue weighted by Gasteiger charge is 2.20. The minimum atomic E-state index is -0.578. The van der Waals surface area contributed by atoms with Crippen molar-refractivity contribution in [3.05, 3.63) is 33.8 Å². The van der Waals surface area contributed by atoms with Crippen molar-refractivity contribution in [1.29, 1.82) is 0 Å². The molecule has 0 N–H and O–H groups in total. The molecule has 1 aromatic carbocycles. The molecule has 0 aromatic heterocycles. The number of halogens is 2. The van der Waals surface area contributed by atoms with Crippen LogP contribution in [0.1, 0.15) is 101 Å². The molecule has 0 radical (unpaired) electrons. The lowest BCUT2D eigenvalue weighted by molar-refractivity contribution is -0.122. The summed E-state index contributed by atoms with van der Waals surface area (Å²) in [5, 5.41) is 0.513. The molecule has 29 heavy (non-hydrogen) atoms. The molecule has 5 heteroatoms. The molecule has 164 valence electrons. The van der Waals surface area contributed by atoms with Gasteiger partial charge >= 0.3 is 5.97 Å². The van der Waals surface area contributed by atoms with Gasteiger partial charge in [-0.05, 0) is 25.5 Å². The van der Waals surface area contributed by atoms with E-state index in [1.165, 1.54) is 57.8 Å². The molecule has 0 amide bonds. The van der Waals surface area contributed by atoms with Crippen LogP contribution in [-0.2, 0) is 9.53 Å². The maximum absolute atomic E-state index is 12.3. The van der Waals surface area contributed by atoms with E-state index in [9.17, 15) is 9.59 Å². The third-order valence-corrected chi connectivity index (χ3v) is 5.94. The minimum Gasteiger partial charge on any atom is -0.461 e. The van der Waals surface area contributed by atoms with Gasteiger partial charge < -0.3 is 4.74 Å². The molecular formula is C24H36Cl2O3. The van der Waals surface area contributed by atoms with Gasteiger partial charge in [0.2, 0.25) is 0 Å². The number of esters is 1.